The molecule has 0 bridgehead atoms. The monoisotopic (exact) mass is 280 g/mol. The molecule has 1 N–H and O–H groups in total. The van der Waals surface area contributed by atoms with Crippen LogP contribution >= 0.6 is 0 Å². The summed E-state index contributed by atoms with van der Waals surface area (Å²) in [6.07, 6.45) is 1.05. The molecule has 1 aromatic carbocycles. The number of rotatable bonds is 9. The van der Waals surface area contributed by atoms with Crippen LogP contribution in [0.25, 0.3) is 0 Å². The average molecular weight is 280 g/mol. The van der Waals surface area contributed by atoms with E-state index in [1.807, 2.05) is 0 Å². The average Bonchev–Trinajstić information content (AvgIpc) is 2.46. The third kappa shape index (κ3) is 5.50. The number of aliphatic carboxylic acids is 1. The smallest absolute Gasteiger partial charge is 0.303 e. The molecular formula is C15H20O5. The molecule has 0 heterocycles. The highest BCUT2D eigenvalue weighted by Gasteiger charge is 2.11. The summed E-state index contributed by atoms with van der Waals surface area (Å²) in [6.45, 7) is 0. The van der Waals surface area contributed by atoms with E-state index < -0.39 is 5.97 Å². The van der Waals surface area contributed by atoms with Gasteiger partial charge in [0.2, 0.25) is 0 Å². The lowest BCUT2D eigenvalue weighted by molar-refractivity contribution is -0.136. The number of hydrogen-bond acceptors (Lipinski definition) is 4. The van der Waals surface area contributed by atoms with Gasteiger partial charge in [-0.15, -0.1) is 0 Å². The summed E-state index contributed by atoms with van der Waals surface area (Å²) in [7, 11) is 3.08. The highest BCUT2D eigenvalue weighted by Crippen LogP contribution is 2.11. The maximum Gasteiger partial charge on any atom is 0.303 e. The minimum Gasteiger partial charge on any atom is -0.481 e. The first-order chi connectivity index (χ1) is 9.56. The molecule has 1 rings (SSSR count). The van der Waals surface area contributed by atoms with Crippen molar-refractivity contribution in [1.29, 1.82) is 0 Å². The molecule has 0 aliphatic rings. The molecule has 0 amide bonds. The Kier molecular flexibility index (Phi) is 6.90. The molecule has 0 unspecified atom stereocenters. The molecule has 5 heteroatoms. The van der Waals surface area contributed by atoms with E-state index in [1.165, 1.54) is 14.2 Å². The normalized spacial score (nSPS) is 10.8. The van der Waals surface area contributed by atoms with Gasteiger partial charge in [-0.2, -0.15) is 0 Å². The van der Waals surface area contributed by atoms with Crippen molar-refractivity contribution < 1.29 is 24.2 Å². The molecule has 1 aromatic rings. The fourth-order valence-corrected chi connectivity index (χ4v) is 1.83. The van der Waals surface area contributed by atoms with Gasteiger partial charge >= 0.3 is 5.97 Å². The number of hydrogen-bond donors (Lipinski definition) is 1. The van der Waals surface area contributed by atoms with Gasteiger partial charge in [0.1, 0.15) is 0 Å². The van der Waals surface area contributed by atoms with Crippen LogP contribution in [-0.2, 0) is 20.7 Å². The van der Waals surface area contributed by atoms with Gasteiger partial charge < -0.3 is 14.6 Å². The summed E-state index contributed by atoms with van der Waals surface area (Å²) in [5.74, 6) is -0.802. The predicted octanol–water partition coefficient (Wildman–Crippen LogP) is 2.29. The fourth-order valence-electron chi connectivity index (χ4n) is 1.83. The number of carbonyl (C=O) groups is 2. The Morgan fingerprint density at radius 3 is 2.20 bits per heavy atom. The summed E-state index contributed by atoms with van der Waals surface area (Å²) in [5, 5.41) is 8.61. The van der Waals surface area contributed by atoms with Gasteiger partial charge in [-0.05, 0) is 12.0 Å². The summed E-state index contributed by atoms with van der Waals surface area (Å²) in [4.78, 5) is 22.4. The Balaban J connectivity index is 2.50. The molecule has 0 saturated carbocycles. The molecule has 0 atom stereocenters. The molecule has 0 radical (unpaired) electrons. The maximum absolute atomic E-state index is 12.0. The van der Waals surface area contributed by atoms with Crippen molar-refractivity contribution in [2.75, 3.05) is 14.2 Å². The first kappa shape index (κ1) is 16.3. The lowest BCUT2D eigenvalue weighted by Crippen LogP contribution is -2.14. The number of ether oxygens (including phenoxy) is 2. The van der Waals surface area contributed by atoms with Gasteiger partial charge in [0, 0.05) is 39.0 Å². The molecule has 110 valence electrons. The second-order valence-electron chi connectivity index (χ2n) is 4.45. The number of carboxylic acid groups (broad SMARTS) is 1. The molecule has 5 nitrogen and oxygen atoms in total. The molecule has 0 spiro atoms. The summed E-state index contributed by atoms with van der Waals surface area (Å²) >= 11 is 0. The van der Waals surface area contributed by atoms with Crippen molar-refractivity contribution in [2.24, 2.45) is 0 Å². The van der Waals surface area contributed by atoms with Crippen molar-refractivity contribution in [3.63, 3.8) is 0 Å². The number of benzene rings is 1. The number of ketones is 1. The zero-order valence-electron chi connectivity index (χ0n) is 11.8. The largest absolute Gasteiger partial charge is 0.481 e. The van der Waals surface area contributed by atoms with Crippen molar-refractivity contribution >= 4 is 11.8 Å². The van der Waals surface area contributed by atoms with Gasteiger partial charge in [-0.25, -0.2) is 0 Å². The highest BCUT2D eigenvalue weighted by atomic mass is 16.7. The Bertz CT molecular complexity index is 434. The van der Waals surface area contributed by atoms with Crippen LogP contribution in [0.2, 0.25) is 0 Å². The zero-order valence-corrected chi connectivity index (χ0v) is 11.8. The van der Waals surface area contributed by atoms with Crippen molar-refractivity contribution in [3.05, 3.63) is 35.4 Å². The standard InChI is InChI=1S/C15H20O5/c1-19-15(20-2)10-8-13(16)12-6-3-11(4-7-12)5-9-14(17)18/h3-4,6-7,15H,5,8-10H2,1-2H3,(H,17,18). The number of aryl methyl sites for hydroxylation is 1. The lowest BCUT2D eigenvalue weighted by Gasteiger charge is -2.12. The molecule has 0 saturated heterocycles. The SMILES string of the molecule is COC(CCC(=O)c1ccc(CCC(=O)O)cc1)OC. The Hall–Kier alpha value is -1.72. The van der Waals surface area contributed by atoms with Crippen LogP contribution in [0.5, 0.6) is 0 Å². The summed E-state index contributed by atoms with van der Waals surface area (Å²) in [6, 6.07) is 7.04. The number of methoxy groups -OCH3 is 2. The van der Waals surface area contributed by atoms with Crippen molar-refractivity contribution in [1.82, 2.24) is 0 Å². The number of carboxylic acids is 1. The van der Waals surface area contributed by atoms with E-state index in [1.54, 1.807) is 24.3 Å². The van der Waals surface area contributed by atoms with Crippen LogP contribution in [0.1, 0.15) is 35.2 Å². The second-order valence-corrected chi connectivity index (χ2v) is 4.45. The predicted molar refractivity (Wildman–Crippen MR) is 73.8 cm³/mol. The Morgan fingerprint density at radius 1 is 1.10 bits per heavy atom. The third-order valence-electron chi connectivity index (χ3n) is 3.04. The summed E-state index contributed by atoms with van der Waals surface area (Å²) < 4.78 is 10.1. The van der Waals surface area contributed by atoms with Crippen LogP contribution < -0.4 is 0 Å². The van der Waals surface area contributed by atoms with E-state index in [-0.39, 0.29) is 18.5 Å². The van der Waals surface area contributed by atoms with Gasteiger partial charge in [-0.3, -0.25) is 9.59 Å². The lowest BCUT2D eigenvalue weighted by atomic mass is 10.0. The number of carbonyl (C=O) groups excluding carboxylic acids is 1. The van der Waals surface area contributed by atoms with Crippen LogP contribution in [0, 0.1) is 0 Å². The van der Waals surface area contributed by atoms with E-state index in [0.717, 1.165) is 5.56 Å². The van der Waals surface area contributed by atoms with E-state index in [0.29, 0.717) is 24.8 Å². The van der Waals surface area contributed by atoms with Crippen LogP contribution in [0.3, 0.4) is 0 Å². The highest BCUT2D eigenvalue weighted by molar-refractivity contribution is 5.96. The minimum absolute atomic E-state index is 0.0221. The van der Waals surface area contributed by atoms with Crippen LogP contribution in [0.15, 0.2) is 24.3 Å². The van der Waals surface area contributed by atoms with Crippen molar-refractivity contribution in [3.8, 4) is 0 Å². The van der Waals surface area contributed by atoms with E-state index in [2.05, 4.69) is 0 Å². The molecule has 20 heavy (non-hydrogen) atoms. The fraction of sp³-hybridized carbons (Fsp3) is 0.467. The quantitative estimate of drug-likeness (QED) is 0.555. The van der Waals surface area contributed by atoms with Crippen LogP contribution in [-0.4, -0.2) is 37.4 Å². The van der Waals surface area contributed by atoms with Gasteiger partial charge in [0.25, 0.3) is 0 Å². The topological polar surface area (TPSA) is 72.8 Å². The molecular weight excluding hydrogens is 260 g/mol. The molecule has 0 aliphatic carbocycles. The Labute approximate surface area is 118 Å². The first-order valence-corrected chi connectivity index (χ1v) is 6.46. The molecule has 0 aliphatic heterocycles. The second kappa shape index (κ2) is 8.45. The minimum atomic E-state index is -0.824. The van der Waals surface area contributed by atoms with Gasteiger partial charge in [0.15, 0.2) is 12.1 Å². The zero-order chi connectivity index (χ0) is 15.0. The maximum atomic E-state index is 12.0. The third-order valence-corrected chi connectivity index (χ3v) is 3.04. The molecule has 0 aromatic heterocycles. The summed E-state index contributed by atoms with van der Waals surface area (Å²) in [5.41, 5.74) is 1.53. The van der Waals surface area contributed by atoms with E-state index >= 15 is 0 Å². The first-order valence-electron chi connectivity index (χ1n) is 6.46. The van der Waals surface area contributed by atoms with E-state index in [9.17, 15) is 9.59 Å². The van der Waals surface area contributed by atoms with Gasteiger partial charge in [-0.1, -0.05) is 24.3 Å². The Morgan fingerprint density at radius 2 is 1.70 bits per heavy atom. The molecule has 0 fully saturated rings. The van der Waals surface area contributed by atoms with Crippen LogP contribution in [0.4, 0.5) is 0 Å². The number of Topliss-reactive ketones (excluding diaryl/α,β-unsaturated/α-hetero) is 1. The van der Waals surface area contributed by atoms with E-state index in [4.69, 9.17) is 14.6 Å². The van der Waals surface area contributed by atoms with Crippen molar-refractivity contribution in [2.45, 2.75) is 32.0 Å². The van der Waals surface area contributed by atoms with Gasteiger partial charge in [0.05, 0.1) is 0 Å².